The topological polar surface area (TPSA) is 21.1 Å². The summed E-state index contributed by atoms with van der Waals surface area (Å²) >= 11 is 0. The van der Waals surface area contributed by atoms with E-state index in [1.807, 2.05) is 0 Å². The fourth-order valence-corrected chi connectivity index (χ4v) is 3.64. The molecule has 0 radical (unpaired) electrons. The van der Waals surface area contributed by atoms with Gasteiger partial charge in [0.2, 0.25) is 0 Å². The third kappa shape index (κ3) is 4.09. The predicted octanol–water partition coefficient (Wildman–Crippen LogP) is 4.40. The first kappa shape index (κ1) is 16.5. The highest BCUT2D eigenvalue weighted by atomic mass is 15.3. The van der Waals surface area contributed by atoms with E-state index in [0.29, 0.717) is 11.5 Å². The molecular formula is C18H33N3. The largest absolute Gasteiger partial charge is 0.306 e. The number of likely N-dealkylation sites (tertiary alicyclic amines) is 1. The second-order valence-corrected chi connectivity index (χ2v) is 7.16. The van der Waals surface area contributed by atoms with Gasteiger partial charge in [0.15, 0.2) is 0 Å². The molecule has 2 rings (SSSR count). The normalized spacial score (nSPS) is 20.6. The van der Waals surface area contributed by atoms with Crippen LogP contribution in [0.4, 0.5) is 0 Å². The van der Waals surface area contributed by atoms with E-state index in [-0.39, 0.29) is 0 Å². The zero-order valence-corrected chi connectivity index (χ0v) is 14.4. The van der Waals surface area contributed by atoms with Crippen molar-refractivity contribution >= 4 is 0 Å². The second kappa shape index (κ2) is 7.44. The van der Waals surface area contributed by atoms with E-state index in [9.17, 15) is 0 Å². The van der Waals surface area contributed by atoms with E-state index in [0.717, 1.165) is 0 Å². The zero-order valence-electron chi connectivity index (χ0n) is 14.4. The maximum atomic E-state index is 4.72. The van der Waals surface area contributed by atoms with Crippen LogP contribution >= 0.6 is 0 Å². The minimum absolute atomic E-state index is 0.314. The van der Waals surface area contributed by atoms with Gasteiger partial charge in [-0.3, -0.25) is 4.68 Å². The fraction of sp³-hybridized carbons (Fsp3) is 0.833. The molecule has 0 saturated carbocycles. The highest BCUT2D eigenvalue weighted by Crippen LogP contribution is 2.35. The molecule has 0 spiro atoms. The van der Waals surface area contributed by atoms with Crippen LogP contribution in [-0.4, -0.2) is 34.8 Å². The zero-order chi connectivity index (χ0) is 15.3. The van der Waals surface area contributed by atoms with E-state index in [4.69, 9.17) is 5.10 Å². The van der Waals surface area contributed by atoms with E-state index in [1.165, 1.54) is 63.6 Å². The van der Waals surface area contributed by atoms with Crippen LogP contribution in [0.5, 0.6) is 0 Å². The van der Waals surface area contributed by atoms with E-state index < -0.39 is 0 Å². The third-order valence-corrected chi connectivity index (χ3v) is 5.24. The van der Waals surface area contributed by atoms with Gasteiger partial charge in [0.25, 0.3) is 0 Å². The number of unbranched alkanes of at least 4 members (excludes halogenated alkanes) is 1. The van der Waals surface area contributed by atoms with Gasteiger partial charge in [-0.25, -0.2) is 0 Å². The van der Waals surface area contributed by atoms with E-state index in [2.05, 4.69) is 49.8 Å². The van der Waals surface area contributed by atoms with E-state index >= 15 is 0 Å². The molecule has 3 nitrogen and oxygen atoms in total. The van der Waals surface area contributed by atoms with E-state index in [1.54, 1.807) is 0 Å². The molecule has 2 heterocycles. The third-order valence-electron chi connectivity index (χ3n) is 5.24. The van der Waals surface area contributed by atoms with Gasteiger partial charge < -0.3 is 4.90 Å². The summed E-state index contributed by atoms with van der Waals surface area (Å²) in [7, 11) is 2.22. The number of hydrogen-bond donors (Lipinski definition) is 0. The maximum absolute atomic E-state index is 4.72. The van der Waals surface area contributed by atoms with Crippen LogP contribution in [-0.2, 0) is 5.41 Å². The fourth-order valence-electron chi connectivity index (χ4n) is 3.64. The van der Waals surface area contributed by atoms with Crippen molar-refractivity contribution in [3.8, 4) is 0 Å². The van der Waals surface area contributed by atoms with Crippen molar-refractivity contribution in [3.63, 3.8) is 0 Å². The lowest BCUT2D eigenvalue weighted by Gasteiger charge is -2.30. The molecule has 0 aliphatic carbocycles. The maximum Gasteiger partial charge on any atom is 0.0543 e. The lowest BCUT2D eigenvalue weighted by atomic mass is 9.76. The van der Waals surface area contributed by atoms with Crippen LogP contribution in [0.25, 0.3) is 0 Å². The van der Waals surface area contributed by atoms with Crippen molar-refractivity contribution in [2.75, 3.05) is 20.1 Å². The number of rotatable bonds is 7. The van der Waals surface area contributed by atoms with Gasteiger partial charge >= 0.3 is 0 Å². The Morgan fingerprint density at radius 1 is 1.19 bits per heavy atom. The van der Waals surface area contributed by atoms with Gasteiger partial charge in [0.05, 0.1) is 12.2 Å². The molecule has 3 heteroatoms. The van der Waals surface area contributed by atoms with Gasteiger partial charge in [0, 0.05) is 6.20 Å². The molecule has 0 N–H and O–H groups in total. The van der Waals surface area contributed by atoms with Crippen molar-refractivity contribution in [2.45, 2.75) is 77.2 Å². The summed E-state index contributed by atoms with van der Waals surface area (Å²) in [6.45, 7) is 9.41. The Balaban J connectivity index is 2.08. The first-order valence-corrected chi connectivity index (χ1v) is 8.82. The number of piperidine rings is 1. The monoisotopic (exact) mass is 291 g/mol. The number of hydrogen-bond acceptors (Lipinski definition) is 2. The Bertz CT molecular complexity index is 418. The average Bonchev–Trinajstić information content (AvgIpc) is 2.97. The molecule has 1 atom stereocenters. The lowest BCUT2D eigenvalue weighted by molar-refractivity contribution is 0.212. The van der Waals surface area contributed by atoms with Crippen LogP contribution in [0.15, 0.2) is 12.4 Å². The smallest absolute Gasteiger partial charge is 0.0543 e. The SMILES string of the molecule is CCCCC(C)(CCC)c1cnn(C2CCN(C)CC2)c1. The molecule has 0 bridgehead atoms. The van der Waals surface area contributed by atoms with Crippen molar-refractivity contribution in [1.29, 1.82) is 0 Å². The Hall–Kier alpha value is -0.830. The van der Waals surface area contributed by atoms with Crippen LogP contribution in [0.2, 0.25) is 0 Å². The van der Waals surface area contributed by atoms with Crippen molar-refractivity contribution in [1.82, 2.24) is 14.7 Å². The molecule has 21 heavy (non-hydrogen) atoms. The van der Waals surface area contributed by atoms with Crippen molar-refractivity contribution < 1.29 is 0 Å². The Labute approximate surface area is 130 Å². The molecule has 1 unspecified atom stereocenters. The summed E-state index contributed by atoms with van der Waals surface area (Å²) in [4.78, 5) is 2.42. The Kier molecular flexibility index (Phi) is 5.86. The molecule has 0 amide bonds. The molecule has 1 aromatic heterocycles. The summed E-state index contributed by atoms with van der Waals surface area (Å²) < 4.78 is 2.25. The lowest BCUT2D eigenvalue weighted by Crippen LogP contribution is -2.31. The van der Waals surface area contributed by atoms with Gasteiger partial charge in [-0.15, -0.1) is 0 Å². The molecule has 1 fully saturated rings. The summed E-state index contributed by atoms with van der Waals surface area (Å²) in [5.74, 6) is 0. The Morgan fingerprint density at radius 3 is 2.52 bits per heavy atom. The standard InChI is InChI=1S/C18H33N3/c1-5-7-11-18(3,10-6-2)16-14-19-21(15-16)17-8-12-20(4)13-9-17/h14-15,17H,5-13H2,1-4H3. The number of nitrogens with zero attached hydrogens (tertiary/aromatic N) is 3. The number of aromatic nitrogens is 2. The summed E-state index contributed by atoms with van der Waals surface area (Å²) in [6.07, 6.45) is 13.4. The summed E-state index contributed by atoms with van der Waals surface area (Å²) in [5, 5.41) is 4.72. The summed E-state index contributed by atoms with van der Waals surface area (Å²) in [6, 6.07) is 0.604. The molecule has 1 aliphatic heterocycles. The van der Waals surface area contributed by atoms with Crippen molar-refractivity contribution in [2.24, 2.45) is 0 Å². The van der Waals surface area contributed by atoms with Crippen LogP contribution < -0.4 is 0 Å². The van der Waals surface area contributed by atoms with Crippen LogP contribution in [0.1, 0.15) is 77.3 Å². The molecule has 1 aliphatic rings. The van der Waals surface area contributed by atoms with Gasteiger partial charge in [-0.2, -0.15) is 5.10 Å². The summed E-state index contributed by atoms with van der Waals surface area (Å²) in [5.41, 5.74) is 1.77. The molecule has 1 aromatic rings. The van der Waals surface area contributed by atoms with Gasteiger partial charge in [0.1, 0.15) is 0 Å². The molecular weight excluding hydrogens is 258 g/mol. The Morgan fingerprint density at radius 2 is 1.90 bits per heavy atom. The molecule has 0 aromatic carbocycles. The molecule has 120 valence electrons. The van der Waals surface area contributed by atoms with Crippen LogP contribution in [0.3, 0.4) is 0 Å². The van der Waals surface area contributed by atoms with Gasteiger partial charge in [-0.1, -0.05) is 40.0 Å². The molecule has 1 saturated heterocycles. The average molecular weight is 291 g/mol. The first-order chi connectivity index (χ1) is 10.1. The van der Waals surface area contributed by atoms with Gasteiger partial charge in [-0.05, 0) is 56.8 Å². The predicted molar refractivity (Wildman–Crippen MR) is 89.8 cm³/mol. The quantitative estimate of drug-likeness (QED) is 0.742. The highest BCUT2D eigenvalue weighted by molar-refractivity contribution is 5.18. The minimum atomic E-state index is 0.314. The van der Waals surface area contributed by atoms with Crippen LogP contribution in [0, 0.1) is 0 Å². The first-order valence-electron chi connectivity index (χ1n) is 8.82. The highest BCUT2D eigenvalue weighted by Gasteiger charge is 2.28. The second-order valence-electron chi connectivity index (χ2n) is 7.16. The minimum Gasteiger partial charge on any atom is -0.306 e. The van der Waals surface area contributed by atoms with Crippen molar-refractivity contribution in [3.05, 3.63) is 18.0 Å².